The molecule has 4 nitrogen and oxygen atoms in total. The molecular formula is C16H12F3N3OS. The van der Waals surface area contributed by atoms with E-state index in [1.807, 2.05) is 28.8 Å². The third-order valence-corrected chi connectivity index (χ3v) is 4.20. The topological polar surface area (TPSA) is 46.4 Å². The molecule has 2 heterocycles. The third-order valence-electron chi connectivity index (χ3n) is 3.23. The molecule has 0 bridgehead atoms. The van der Waals surface area contributed by atoms with E-state index < -0.39 is 11.7 Å². The summed E-state index contributed by atoms with van der Waals surface area (Å²) in [6.45, 7) is 0. The minimum atomic E-state index is -4.39. The molecule has 3 rings (SSSR count). The SMILES string of the molecule is O=C(CSc1ncc2ccccn12)Nc1ccc(C(F)(F)F)cc1. The number of halogens is 3. The molecule has 1 N–H and O–H groups in total. The van der Waals surface area contributed by atoms with Gasteiger partial charge in [-0.2, -0.15) is 13.2 Å². The summed E-state index contributed by atoms with van der Waals surface area (Å²) in [5.74, 6) is -0.206. The van der Waals surface area contributed by atoms with Gasteiger partial charge in [-0.3, -0.25) is 9.20 Å². The Labute approximate surface area is 139 Å². The summed E-state index contributed by atoms with van der Waals surface area (Å²) in [6.07, 6.45) is -0.839. The number of rotatable bonds is 4. The van der Waals surface area contributed by atoms with Gasteiger partial charge in [0.1, 0.15) is 0 Å². The van der Waals surface area contributed by atoms with Gasteiger partial charge in [0, 0.05) is 11.9 Å². The van der Waals surface area contributed by atoms with Crippen molar-refractivity contribution < 1.29 is 18.0 Å². The quantitative estimate of drug-likeness (QED) is 0.721. The molecule has 0 atom stereocenters. The Kier molecular flexibility index (Phi) is 4.48. The van der Waals surface area contributed by atoms with Gasteiger partial charge in [0.2, 0.25) is 5.91 Å². The van der Waals surface area contributed by atoms with Gasteiger partial charge < -0.3 is 5.32 Å². The summed E-state index contributed by atoms with van der Waals surface area (Å²) in [6, 6.07) is 9.99. The molecule has 2 aromatic heterocycles. The standard InChI is InChI=1S/C16H12F3N3OS/c17-16(18,19)11-4-6-12(7-5-11)21-14(23)10-24-15-20-9-13-3-1-2-8-22(13)15/h1-9H,10H2,(H,21,23). The van der Waals surface area contributed by atoms with Crippen LogP contribution in [0.1, 0.15) is 5.56 Å². The van der Waals surface area contributed by atoms with Crippen molar-refractivity contribution in [3.63, 3.8) is 0 Å². The fourth-order valence-electron chi connectivity index (χ4n) is 2.10. The van der Waals surface area contributed by atoms with Gasteiger partial charge in [-0.15, -0.1) is 0 Å². The van der Waals surface area contributed by atoms with Gasteiger partial charge in [-0.1, -0.05) is 17.8 Å². The number of carbonyl (C=O) groups excluding carboxylic acids is 1. The molecule has 0 fully saturated rings. The van der Waals surface area contributed by atoms with E-state index in [4.69, 9.17) is 0 Å². The first kappa shape index (κ1) is 16.4. The van der Waals surface area contributed by atoms with Gasteiger partial charge in [0.15, 0.2) is 5.16 Å². The molecular weight excluding hydrogens is 339 g/mol. The first-order chi connectivity index (χ1) is 11.4. The average molecular weight is 351 g/mol. The number of thioether (sulfide) groups is 1. The summed E-state index contributed by atoms with van der Waals surface area (Å²) < 4.78 is 39.3. The van der Waals surface area contributed by atoms with E-state index in [1.54, 1.807) is 6.20 Å². The molecule has 1 amide bonds. The molecule has 0 spiro atoms. The molecule has 124 valence electrons. The molecule has 0 radical (unpaired) electrons. The molecule has 0 unspecified atom stereocenters. The third kappa shape index (κ3) is 3.70. The number of fused-ring (bicyclic) bond motifs is 1. The second kappa shape index (κ2) is 6.56. The molecule has 0 saturated heterocycles. The number of nitrogens with one attached hydrogen (secondary N) is 1. The first-order valence-corrected chi connectivity index (χ1v) is 7.94. The number of pyridine rings is 1. The summed E-state index contributed by atoms with van der Waals surface area (Å²) >= 11 is 1.25. The van der Waals surface area contributed by atoms with Crippen molar-refractivity contribution in [2.75, 3.05) is 11.1 Å². The van der Waals surface area contributed by atoms with Gasteiger partial charge in [-0.05, 0) is 36.4 Å². The molecule has 1 aromatic carbocycles. The minimum Gasteiger partial charge on any atom is -0.325 e. The largest absolute Gasteiger partial charge is 0.416 e. The Morgan fingerprint density at radius 1 is 1.17 bits per heavy atom. The van der Waals surface area contributed by atoms with Crippen LogP contribution < -0.4 is 5.32 Å². The normalized spacial score (nSPS) is 11.6. The van der Waals surface area contributed by atoms with Crippen molar-refractivity contribution in [3.05, 3.63) is 60.4 Å². The lowest BCUT2D eigenvalue weighted by Gasteiger charge is -2.08. The van der Waals surface area contributed by atoms with Crippen LogP contribution >= 0.6 is 11.8 Å². The van der Waals surface area contributed by atoms with Gasteiger partial charge in [-0.25, -0.2) is 4.98 Å². The number of anilines is 1. The lowest BCUT2D eigenvalue weighted by molar-refractivity contribution is -0.137. The number of aromatic nitrogens is 2. The van der Waals surface area contributed by atoms with Crippen LogP contribution in [0.4, 0.5) is 18.9 Å². The molecule has 8 heteroatoms. The smallest absolute Gasteiger partial charge is 0.325 e. The van der Waals surface area contributed by atoms with E-state index in [0.29, 0.717) is 10.8 Å². The van der Waals surface area contributed by atoms with Crippen LogP contribution in [0.2, 0.25) is 0 Å². The maximum Gasteiger partial charge on any atom is 0.416 e. The van der Waals surface area contributed by atoms with Gasteiger partial charge in [0.05, 0.1) is 23.0 Å². The summed E-state index contributed by atoms with van der Waals surface area (Å²) in [5.41, 5.74) is 0.489. The Morgan fingerprint density at radius 3 is 2.62 bits per heavy atom. The number of amides is 1. The zero-order chi connectivity index (χ0) is 17.2. The Bertz CT molecular complexity index is 859. The van der Waals surface area contributed by atoms with E-state index in [1.165, 1.54) is 23.9 Å². The van der Waals surface area contributed by atoms with E-state index in [0.717, 1.165) is 17.6 Å². The number of hydrogen-bond donors (Lipinski definition) is 1. The van der Waals surface area contributed by atoms with Crippen LogP contribution in [-0.2, 0) is 11.0 Å². The molecule has 0 aliphatic heterocycles. The lowest BCUT2D eigenvalue weighted by Crippen LogP contribution is -2.14. The van der Waals surface area contributed by atoms with E-state index in [-0.39, 0.29) is 11.7 Å². The van der Waals surface area contributed by atoms with E-state index in [9.17, 15) is 18.0 Å². The van der Waals surface area contributed by atoms with Crippen molar-refractivity contribution in [2.24, 2.45) is 0 Å². The number of carbonyl (C=O) groups is 1. The summed E-state index contributed by atoms with van der Waals surface area (Å²) in [4.78, 5) is 16.2. The molecule has 0 aliphatic carbocycles. The van der Waals surface area contributed by atoms with Crippen molar-refractivity contribution in [2.45, 2.75) is 11.3 Å². The van der Waals surface area contributed by atoms with Crippen LogP contribution in [0.25, 0.3) is 5.52 Å². The van der Waals surface area contributed by atoms with Crippen LogP contribution in [0.15, 0.2) is 60.0 Å². The minimum absolute atomic E-state index is 0.106. The van der Waals surface area contributed by atoms with Gasteiger partial charge in [0.25, 0.3) is 0 Å². The van der Waals surface area contributed by atoms with Crippen LogP contribution in [0, 0.1) is 0 Å². The van der Waals surface area contributed by atoms with Crippen LogP contribution in [-0.4, -0.2) is 21.0 Å². The Hall–Kier alpha value is -2.48. The number of alkyl halides is 3. The zero-order valence-electron chi connectivity index (χ0n) is 12.2. The van der Waals surface area contributed by atoms with Crippen LogP contribution in [0.5, 0.6) is 0 Å². The predicted molar refractivity (Wildman–Crippen MR) is 86.0 cm³/mol. The highest BCUT2D eigenvalue weighted by molar-refractivity contribution is 7.99. The first-order valence-electron chi connectivity index (χ1n) is 6.95. The molecule has 24 heavy (non-hydrogen) atoms. The van der Waals surface area contributed by atoms with Crippen molar-refractivity contribution >= 4 is 28.9 Å². The highest BCUT2D eigenvalue weighted by Crippen LogP contribution is 2.29. The Balaban J connectivity index is 1.60. The van der Waals surface area contributed by atoms with Crippen molar-refractivity contribution in [1.82, 2.24) is 9.38 Å². The zero-order valence-corrected chi connectivity index (χ0v) is 13.1. The summed E-state index contributed by atoms with van der Waals surface area (Å²) in [7, 11) is 0. The average Bonchev–Trinajstić information content (AvgIpc) is 2.96. The monoisotopic (exact) mass is 351 g/mol. The van der Waals surface area contributed by atoms with Crippen molar-refractivity contribution in [3.8, 4) is 0 Å². The van der Waals surface area contributed by atoms with E-state index >= 15 is 0 Å². The fourth-order valence-corrected chi connectivity index (χ4v) is 2.86. The molecule has 0 saturated carbocycles. The van der Waals surface area contributed by atoms with Gasteiger partial charge >= 0.3 is 6.18 Å². The Morgan fingerprint density at radius 2 is 1.92 bits per heavy atom. The number of benzene rings is 1. The highest BCUT2D eigenvalue weighted by Gasteiger charge is 2.29. The number of hydrogen-bond acceptors (Lipinski definition) is 3. The predicted octanol–water partition coefficient (Wildman–Crippen LogP) is 4.08. The fraction of sp³-hybridized carbons (Fsp3) is 0.125. The van der Waals surface area contributed by atoms with E-state index in [2.05, 4.69) is 10.3 Å². The second-order valence-electron chi connectivity index (χ2n) is 4.95. The highest BCUT2D eigenvalue weighted by atomic mass is 32.2. The van der Waals surface area contributed by atoms with Crippen LogP contribution in [0.3, 0.4) is 0 Å². The van der Waals surface area contributed by atoms with Crippen molar-refractivity contribution in [1.29, 1.82) is 0 Å². The molecule has 3 aromatic rings. The maximum absolute atomic E-state index is 12.5. The second-order valence-corrected chi connectivity index (χ2v) is 5.89. The number of nitrogens with zero attached hydrogens (tertiary/aromatic N) is 2. The number of imidazole rings is 1. The maximum atomic E-state index is 12.5. The summed E-state index contributed by atoms with van der Waals surface area (Å²) in [5, 5.41) is 3.24. The molecule has 0 aliphatic rings. The lowest BCUT2D eigenvalue weighted by atomic mass is 10.2.